The topological polar surface area (TPSA) is 87.6 Å². The number of thiazole rings is 1. The number of rotatable bonds is 10. The maximum Gasteiger partial charge on any atom is 0.342 e. The van der Waals surface area contributed by atoms with Crippen LogP contribution in [0.5, 0.6) is 5.75 Å². The van der Waals surface area contributed by atoms with Crippen molar-refractivity contribution in [1.82, 2.24) is 19.5 Å². The number of unbranched alkanes of at least 4 members (excludes halogenated alkanes) is 2. The fourth-order valence-corrected chi connectivity index (χ4v) is 4.97. The lowest BCUT2D eigenvalue weighted by Crippen LogP contribution is -2.50. The number of benzene rings is 1. The molecule has 8 nitrogen and oxygen atoms in total. The number of terminal acetylenes is 1. The predicted molar refractivity (Wildman–Crippen MR) is 133 cm³/mol. The molecule has 34 heavy (non-hydrogen) atoms. The Morgan fingerprint density at radius 1 is 1.32 bits per heavy atom. The van der Waals surface area contributed by atoms with Crippen LogP contribution in [-0.2, 0) is 4.74 Å². The quantitative estimate of drug-likeness (QED) is 0.138. The van der Waals surface area contributed by atoms with E-state index in [1.165, 1.54) is 23.7 Å². The summed E-state index contributed by atoms with van der Waals surface area (Å²) in [5.74, 6) is 2.79. The summed E-state index contributed by atoms with van der Waals surface area (Å²) in [5, 5.41) is 14.6. The first-order valence-electron chi connectivity index (χ1n) is 11.4. The lowest BCUT2D eigenvalue weighted by atomic mass is 10.3. The molecule has 2 unspecified atom stereocenters. The minimum Gasteiger partial charge on any atom is -0.622 e. The third kappa shape index (κ3) is 5.21. The number of fused-ring (bicyclic) bond motifs is 1. The summed E-state index contributed by atoms with van der Waals surface area (Å²) in [5.41, 5.74) is 1.05. The number of aromatic nitrogens is 2. The molecule has 0 bridgehead atoms. The molecule has 2 aromatic heterocycles. The molecule has 9 heteroatoms. The lowest BCUT2D eigenvalue weighted by Gasteiger charge is -2.38. The highest BCUT2D eigenvalue weighted by molar-refractivity contribution is 7.22. The molecular formula is C25H28N4O4S. The van der Waals surface area contributed by atoms with Crippen molar-refractivity contribution in [2.45, 2.75) is 38.8 Å². The van der Waals surface area contributed by atoms with E-state index < -0.39 is 16.8 Å². The van der Waals surface area contributed by atoms with E-state index in [1.54, 1.807) is 12.1 Å². The minimum atomic E-state index is -0.948. The highest BCUT2D eigenvalue weighted by Crippen LogP contribution is 2.41. The maximum atomic E-state index is 14.3. The van der Waals surface area contributed by atoms with Gasteiger partial charge in [0.15, 0.2) is 0 Å². The van der Waals surface area contributed by atoms with Crippen molar-refractivity contribution in [2.75, 3.05) is 26.4 Å². The lowest BCUT2D eigenvalue weighted by molar-refractivity contribution is 0.00563. The molecule has 0 amide bonds. The molecule has 0 saturated carbocycles. The summed E-state index contributed by atoms with van der Waals surface area (Å²) >= 11 is 1.30. The average Bonchev–Trinajstić information content (AvgIpc) is 3.43. The molecular weight excluding hydrogens is 452 g/mol. The zero-order chi connectivity index (χ0) is 24.0. The Morgan fingerprint density at radius 2 is 2.15 bits per heavy atom. The summed E-state index contributed by atoms with van der Waals surface area (Å²) < 4.78 is 11.7. The third-order valence-corrected chi connectivity index (χ3v) is 6.89. The van der Waals surface area contributed by atoms with Gasteiger partial charge in [-0.3, -0.25) is 9.63 Å². The summed E-state index contributed by atoms with van der Waals surface area (Å²) in [4.78, 5) is 23.3. The minimum absolute atomic E-state index is 0.130. The molecule has 1 aliphatic rings. The number of hydroxylamine groups is 2. The van der Waals surface area contributed by atoms with E-state index in [1.807, 2.05) is 23.1 Å². The van der Waals surface area contributed by atoms with Gasteiger partial charge in [0.25, 0.3) is 11.4 Å². The number of pyridine rings is 1. The summed E-state index contributed by atoms with van der Waals surface area (Å²) in [6.07, 6.45) is 10.8. The number of esters is 1. The first kappa shape index (κ1) is 24.1. The molecule has 0 aliphatic carbocycles. The number of ether oxygens (including phenoxy) is 2. The van der Waals surface area contributed by atoms with E-state index >= 15 is 0 Å². The van der Waals surface area contributed by atoms with Crippen LogP contribution in [-0.4, -0.2) is 53.4 Å². The van der Waals surface area contributed by atoms with Gasteiger partial charge in [-0.05, 0) is 37.1 Å². The maximum absolute atomic E-state index is 14.3. The fraction of sp³-hybridized carbons (Fsp3) is 0.400. The number of nitrogens with zero attached hydrogens (tertiary/aromatic N) is 4. The molecule has 0 N–H and O–H groups in total. The van der Waals surface area contributed by atoms with Crippen molar-refractivity contribution in [3.8, 4) is 18.1 Å². The molecule has 3 aromatic rings. The monoisotopic (exact) mass is 480 g/mol. The van der Waals surface area contributed by atoms with Gasteiger partial charge in [0.1, 0.15) is 17.1 Å². The Bertz CT molecular complexity index is 1160. The van der Waals surface area contributed by atoms with Gasteiger partial charge in [0.2, 0.25) is 0 Å². The van der Waals surface area contributed by atoms with Crippen LogP contribution in [0.15, 0.2) is 42.7 Å². The van der Waals surface area contributed by atoms with E-state index in [2.05, 4.69) is 22.8 Å². The van der Waals surface area contributed by atoms with Gasteiger partial charge in [0.05, 0.1) is 24.2 Å². The zero-order valence-corrected chi connectivity index (χ0v) is 20.0. The van der Waals surface area contributed by atoms with E-state index in [0.29, 0.717) is 42.3 Å². The average molecular weight is 481 g/mol. The number of carbonyl (C=O) groups excluding carboxylic acids is 1. The van der Waals surface area contributed by atoms with Crippen molar-refractivity contribution in [1.29, 1.82) is 0 Å². The van der Waals surface area contributed by atoms with E-state index in [4.69, 9.17) is 15.9 Å². The third-order valence-electron chi connectivity index (χ3n) is 5.69. The van der Waals surface area contributed by atoms with E-state index in [-0.39, 0.29) is 6.67 Å². The number of hydrogen-bond donors (Lipinski definition) is 0. The van der Waals surface area contributed by atoms with Crippen LogP contribution in [0, 0.1) is 17.6 Å². The van der Waals surface area contributed by atoms with Crippen molar-refractivity contribution in [3.05, 3.63) is 53.5 Å². The molecule has 2 atom stereocenters. The Kier molecular flexibility index (Phi) is 7.75. The highest BCUT2D eigenvalue weighted by Gasteiger charge is 2.46. The van der Waals surface area contributed by atoms with Crippen LogP contribution in [0.2, 0.25) is 0 Å². The number of carbonyl (C=O) groups is 1. The summed E-state index contributed by atoms with van der Waals surface area (Å²) in [6, 6.07) is 8.77. The molecule has 0 spiro atoms. The molecule has 4 rings (SSSR count). The van der Waals surface area contributed by atoms with Crippen LogP contribution in [0.1, 0.15) is 43.0 Å². The second kappa shape index (κ2) is 10.9. The Morgan fingerprint density at radius 3 is 2.91 bits per heavy atom. The zero-order valence-electron chi connectivity index (χ0n) is 19.2. The second-order valence-electron chi connectivity index (χ2n) is 8.22. The Labute approximate surface area is 203 Å². The van der Waals surface area contributed by atoms with Crippen LogP contribution in [0.25, 0.3) is 10.2 Å². The van der Waals surface area contributed by atoms with E-state index in [0.717, 1.165) is 29.7 Å². The molecule has 1 fully saturated rings. The van der Waals surface area contributed by atoms with Crippen molar-refractivity contribution in [2.24, 2.45) is 0 Å². The Hall–Kier alpha value is -3.03. The predicted octanol–water partition coefficient (Wildman–Crippen LogP) is 4.54. The normalized spacial score (nSPS) is 20.3. The largest absolute Gasteiger partial charge is 0.622 e. The van der Waals surface area contributed by atoms with E-state index in [9.17, 15) is 10.0 Å². The van der Waals surface area contributed by atoms with Crippen LogP contribution >= 0.6 is 11.3 Å². The van der Waals surface area contributed by atoms with Crippen LogP contribution < -0.4 is 9.38 Å². The summed E-state index contributed by atoms with van der Waals surface area (Å²) in [7, 11) is 0. The Balaban J connectivity index is 1.62. The first-order valence-corrected chi connectivity index (χ1v) is 12.3. The van der Waals surface area contributed by atoms with Crippen molar-refractivity contribution in [3.63, 3.8) is 0 Å². The standard InChI is InChI=1S/C25H28N4O4S/c1-3-5-7-15-28-17-22(33-24(30)19-11-13-26-14-12-19)29(31,18-28)25-27-20-9-8-10-21(23(20)34-25)32-16-6-4-2/h1,8-14,22H,4-7,15-18H2,2H3. The van der Waals surface area contributed by atoms with Gasteiger partial charge in [-0.15, -0.1) is 12.3 Å². The molecule has 3 heterocycles. The molecule has 1 aromatic carbocycles. The van der Waals surface area contributed by atoms with Crippen molar-refractivity contribution >= 4 is 32.7 Å². The molecule has 1 aliphatic heterocycles. The number of quaternary nitrogens is 1. The SMILES string of the molecule is C#CCCCN1CC(OC(=O)c2ccncc2)[N+]([O-])(c2nc3cccc(OCCCC)c3s2)C1. The van der Waals surface area contributed by atoms with Gasteiger partial charge >= 0.3 is 5.97 Å². The van der Waals surface area contributed by atoms with Gasteiger partial charge < -0.3 is 14.7 Å². The number of hydrogen-bond acceptors (Lipinski definition) is 8. The van der Waals surface area contributed by atoms with Gasteiger partial charge in [-0.2, -0.15) is 4.98 Å². The molecule has 0 radical (unpaired) electrons. The van der Waals surface area contributed by atoms with Gasteiger partial charge in [-0.1, -0.05) is 30.7 Å². The molecule has 1 saturated heterocycles. The highest BCUT2D eigenvalue weighted by atomic mass is 32.1. The van der Waals surface area contributed by atoms with Crippen LogP contribution in [0.4, 0.5) is 5.13 Å². The van der Waals surface area contributed by atoms with Crippen molar-refractivity contribution < 1.29 is 14.3 Å². The first-order chi connectivity index (χ1) is 16.5. The van der Waals surface area contributed by atoms with Gasteiger partial charge in [-0.25, -0.2) is 9.69 Å². The van der Waals surface area contributed by atoms with Gasteiger partial charge in [0, 0.05) is 25.4 Å². The smallest absolute Gasteiger partial charge is 0.342 e. The van der Waals surface area contributed by atoms with Crippen LogP contribution in [0.3, 0.4) is 0 Å². The second-order valence-corrected chi connectivity index (χ2v) is 9.20. The summed E-state index contributed by atoms with van der Waals surface area (Å²) in [6.45, 7) is 3.79. The fourth-order valence-electron chi connectivity index (χ4n) is 3.87. The molecule has 178 valence electrons.